The number of aliphatic hydroxyl groups is 1. The SMILES string of the molecule is O[C@@H]1CCC[C@H]1c1ccc(Cl)nc1. The molecule has 0 amide bonds. The average Bonchev–Trinajstić information content (AvgIpc) is 2.53. The van der Waals surface area contributed by atoms with Gasteiger partial charge in [-0.15, -0.1) is 0 Å². The number of hydrogen-bond donors (Lipinski definition) is 1. The molecule has 3 heteroatoms. The van der Waals surface area contributed by atoms with Crippen molar-refractivity contribution in [2.45, 2.75) is 31.3 Å². The minimum absolute atomic E-state index is 0.192. The van der Waals surface area contributed by atoms with E-state index in [4.69, 9.17) is 11.6 Å². The third kappa shape index (κ3) is 1.84. The zero-order chi connectivity index (χ0) is 9.26. The lowest BCUT2D eigenvalue weighted by Crippen LogP contribution is -2.10. The zero-order valence-corrected chi connectivity index (χ0v) is 8.04. The maximum Gasteiger partial charge on any atom is 0.129 e. The largest absolute Gasteiger partial charge is 0.392 e. The van der Waals surface area contributed by atoms with Crippen LogP contribution in [0.25, 0.3) is 0 Å². The Morgan fingerprint density at radius 3 is 2.77 bits per heavy atom. The van der Waals surface area contributed by atoms with Gasteiger partial charge in [-0.2, -0.15) is 0 Å². The zero-order valence-electron chi connectivity index (χ0n) is 7.28. The van der Waals surface area contributed by atoms with Crippen molar-refractivity contribution in [1.29, 1.82) is 0 Å². The van der Waals surface area contributed by atoms with Crippen molar-refractivity contribution in [3.05, 3.63) is 29.0 Å². The second kappa shape index (κ2) is 3.64. The van der Waals surface area contributed by atoms with Crippen LogP contribution in [0.2, 0.25) is 5.15 Å². The van der Waals surface area contributed by atoms with E-state index in [2.05, 4.69) is 4.98 Å². The number of halogens is 1. The molecule has 1 heterocycles. The molecule has 1 aliphatic carbocycles. The molecule has 0 aliphatic heterocycles. The second-order valence-electron chi connectivity index (χ2n) is 3.52. The number of aliphatic hydroxyl groups excluding tert-OH is 1. The van der Waals surface area contributed by atoms with Gasteiger partial charge in [-0.05, 0) is 24.5 Å². The lowest BCUT2D eigenvalue weighted by atomic mass is 9.98. The standard InChI is InChI=1S/C10H12ClNO/c11-10-5-4-7(6-12-10)8-2-1-3-9(8)13/h4-6,8-9,13H,1-3H2/t8-,9+/m0/s1. The Hall–Kier alpha value is -0.600. The Kier molecular flexibility index (Phi) is 2.51. The molecule has 1 saturated carbocycles. The molecule has 0 bridgehead atoms. The summed E-state index contributed by atoms with van der Waals surface area (Å²) in [5.41, 5.74) is 1.11. The van der Waals surface area contributed by atoms with E-state index in [0.29, 0.717) is 5.15 Å². The van der Waals surface area contributed by atoms with E-state index >= 15 is 0 Å². The van der Waals surface area contributed by atoms with Crippen molar-refractivity contribution >= 4 is 11.6 Å². The summed E-state index contributed by atoms with van der Waals surface area (Å²) < 4.78 is 0. The normalized spacial score (nSPS) is 27.8. The molecule has 70 valence electrons. The molecular weight excluding hydrogens is 186 g/mol. The van der Waals surface area contributed by atoms with Gasteiger partial charge in [-0.3, -0.25) is 0 Å². The van der Waals surface area contributed by atoms with Crippen LogP contribution in [0.4, 0.5) is 0 Å². The van der Waals surface area contributed by atoms with Gasteiger partial charge < -0.3 is 5.11 Å². The van der Waals surface area contributed by atoms with Crippen molar-refractivity contribution < 1.29 is 5.11 Å². The van der Waals surface area contributed by atoms with Crippen LogP contribution in [0.1, 0.15) is 30.7 Å². The molecule has 1 aromatic rings. The van der Waals surface area contributed by atoms with E-state index in [1.54, 1.807) is 12.3 Å². The molecule has 0 aromatic carbocycles. The fourth-order valence-electron chi connectivity index (χ4n) is 1.94. The summed E-state index contributed by atoms with van der Waals surface area (Å²) in [6, 6.07) is 3.73. The first-order chi connectivity index (χ1) is 6.27. The molecule has 2 nitrogen and oxygen atoms in total. The Morgan fingerprint density at radius 2 is 2.23 bits per heavy atom. The van der Waals surface area contributed by atoms with Crippen LogP contribution in [0, 0.1) is 0 Å². The Bertz CT molecular complexity index is 285. The molecule has 0 saturated heterocycles. The predicted molar refractivity (Wildman–Crippen MR) is 51.8 cm³/mol. The van der Waals surface area contributed by atoms with Gasteiger partial charge in [0.25, 0.3) is 0 Å². The number of nitrogens with zero attached hydrogens (tertiary/aromatic N) is 1. The van der Waals surface area contributed by atoms with Crippen LogP contribution in [0.3, 0.4) is 0 Å². The summed E-state index contributed by atoms with van der Waals surface area (Å²) in [5.74, 6) is 0.268. The smallest absolute Gasteiger partial charge is 0.129 e. The molecule has 1 aromatic heterocycles. The van der Waals surface area contributed by atoms with E-state index in [9.17, 15) is 5.11 Å². The van der Waals surface area contributed by atoms with Crippen molar-refractivity contribution in [2.24, 2.45) is 0 Å². The fourth-order valence-corrected chi connectivity index (χ4v) is 2.05. The van der Waals surface area contributed by atoms with Gasteiger partial charge in [0, 0.05) is 12.1 Å². The minimum Gasteiger partial charge on any atom is -0.392 e. The highest BCUT2D eigenvalue weighted by atomic mass is 35.5. The molecule has 0 unspecified atom stereocenters. The average molecular weight is 198 g/mol. The van der Waals surface area contributed by atoms with E-state index in [-0.39, 0.29) is 12.0 Å². The Balaban J connectivity index is 2.20. The molecule has 1 N–H and O–H groups in total. The maximum absolute atomic E-state index is 9.65. The quantitative estimate of drug-likeness (QED) is 0.702. The Labute approximate surface area is 82.6 Å². The van der Waals surface area contributed by atoms with Gasteiger partial charge in [0.1, 0.15) is 5.15 Å². The number of rotatable bonds is 1. The summed E-state index contributed by atoms with van der Waals surface area (Å²) in [7, 11) is 0. The van der Waals surface area contributed by atoms with E-state index in [1.807, 2.05) is 6.07 Å². The molecule has 1 fully saturated rings. The molecular formula is C10H12ClNO. The summed E-state index contributed by atoms with van der Waals surface area (Å²) >= 11 is 5.68. The monoisotopic (exact) mass is 197 g/mol. The van der Waals surface area contributed by atoms with Crippen LogP contribution < -0.4 is 0 Å². The first-order valence-corrected chi connectivity index (χ1v) is 4.94. The van der Waals surface area contributed by atoms with Crippen LogP contribution in [-0.4, -0.2) is 16.2 Å². The summed E-state index contributed by atoms with van der Waals surface area (Å²) in [4.78, 5) is 4.01. The van der Waals surface area contributed by atoms with Gasteiger partial charge in [-0.25, -0.2) is 4.98 Å². The van der Waals surface area contributed by atoms with Crippen molar-refractivity contribution in [1.82, 2.24) is 4.98 Å². The van der Waals surface area contributed by atoms with Crippen LogP contribution in [0.5, 0.6) is 0 Å². The fraction of sp³-hybridized carbons (Fsp3) is 0.500. The molecule has 0 spiro atoms. The summed E-state index contributed by atoms with van der Waals surface area (Å²) in [5, 5.41) is 10.2. The van der Waals surface area contributed by atoms with Crippen molar-refractivity contribution in [3.63, 3.8) is 0 Å². The molecule has 0 radical (unpaired) electrons. The number of aromatic nitrogens is 1. The van der Waals surface area contributed by atoms with E-state index < -0.39 is 0 Å². The van der Waals surface area contributed by atoms with Gasteiger partial charge in [-0.1, -0.05) is 24.1 Å². The van der Waals surface area contributed by atoms with Crippen LogP contribution in [-0.2, 0) is 0 Å². The molecule has 1 aliphatic rings. The third-order valence-electron chi connectivity index (χ3n) is 2.66. The van der Waals surface area contributed by atoms with E-state index in [1.165, 1.54) is 0 Å². The van der Waals surface area contributed by atoms with Gasteiger partial charge >= 0.3 is 0 Å². The highest BCUT2D eigenvalue weighted by molar-refractivity contribution is 6.29. The first kappa shape index (κ1) is 8.97. The maximum atomic E-state index is 9.65. The first-order valence-electron chi connectivity index (χ1n) is 4.57. The lowest BCUT2D eigenvalue weighted by molar-refractivity contribution is 0.163. The summed E-state index contributed by atoms with van der Waals surface area (Å²) in [6.45, 7) is 0. The highest BCUT2D eigenvalue weighted by Gasteiger charge is 2.26. The van der Waals surface area contributed by atoms with Gasteiger partial charge in [0.2, 0.25) is 0 Å². The topological polar surface area (TPSA) is 33.1 Å². The molecule has 2 atom stereocenters. The lowest BCUT2D eigenvalue weighted by Gasteiger charge is -2.13. The van der Waals surface area contributed by atoms with Crippen LogP contribution >= 0.6 is 11.6 Å². The molecule has 13 heavy (non-hydrogen) atoms. The molecule has 2 rings (SSSR count). The predicted octanol–water partition coefficient (Wildman–Crippen LogP) is 2.36. The highest BCUT2D eigenvalue weighted by Crippen LogP contribution is 2.34. The number of hydrogen-bond acceptors (Lipinski definition) is 2. The summed E-state index contributed by atoms with van der Waals surface area (Å²) in [6.07, 6.45) is 4.65. The van der Waals surface area contributed by atoms with Crippen molar-refractivity contribution in [3.8, 4) is 0 Å². The van der Waals surface area contributed by atoms with E-state index in [0.717, 1.165) is 24.8 Å². The minimum atomic E-state index is -0.192. The van der Waals surface area contributed by atoms with Gasteiger partial charge in [0.15, 0.2) is 0 Å². The van der Waals surface area contributed by atoms with Crippen molar-refractivity contribution in [2.75, 3.05) is 0 Å². The van der Waals surface area contributed by atoms with Crippen LogP contribution in [0.15, 0.2) is 18.3 Å². The Morgan fingerprint density at radius 1 is 1.38 bits per heavy atom. The van der Waals surface area contributed by atoms with Gasteiger partial charge in [0.05, 0.1) is 6.10 Å². The third-order valence-corrected chi connectivity index (χ3v) is 2.88. The number of pyridine rings is 1. The second-order valence-corrected chi connectivity index (χ2v) is 3.91.